The molecule has 0 radical (unpaired) electrons. The average Bonchev–Trinajstić information content (AvgIpc) is 2.49. The Morgan fingerprint density at radius 2 is 2.00 bits per heavy atom. The summed E-state index contributed by atoms with van der Waals surface area (Å²) in [5.74, 6) is 1.13. The van der Waals surface area contributed by atoms with E-state index in [0.29, 0.717) is 16.5 Å². The highest BCUT2D eigenvalue weighted by Gasteiger charge is 2.12. The van der Waals surface area contributed by atoms with Crippen molar-refractivity contribution in [1.29, 1.82) is 0 Å². The highest BCUT2D eigenvalue weighted by atomic mass is 35.5. The van der Waals surface area contributed by atoms with Crippen molar-refractivity contribution in [2.45, 2.75) is 6.92 Å². The summed E-state index contributed by atoms with van der Waals surface area (Å²) >= 11 is 6.34. The predicted molar refractivity (Wildman–Crippen MR) is 80.1 cm³/mol. The largest absolute Gasteiger partial charge is 0.493 e. The molecule has 1 heterocycles. The van der Waals surface area contributed by atoms with Crippen molar-refractivity contribution in [1.82, 2.24) is 9.97 Å². The Bertz CT molecular complexity index is 627. The van der Waals surface area contributed by atoms with Crippen LogP contribution in [0, 0.1) is 0 Å². The van der Waals surface area contributed by atoms with Crippen LogP contribution in [0.1, 0.15) is 18.2 Å². The lowest BCUT2D eigenvalue weighted by molar-refractivity contribution is 0.355. The number of halogens is 1. The van der Waals surface area contributed by atoms with E-state index in [9.17, 15) is 0 Å². The van der Waals surface area contributed by atoms with Crippen LogP contribution in [0.5, 0.6) is 11.5 Å². The van der Waals surface area contributed by atoms with Crippen molar-refractivity contribution in [3.63, 3.8) is 0 Å². The minimum absolute atomic E-state index is 0.509. The summed E-state index contributed by atoms with van der Waals surface area (Å²) in [7, 11) is 3.14. The summed E-state index contributed by atoms with van der Waals surface area (Å²) in [5, 5.41) is 0.509. The third-order valence-corrected chi connectivity index (χ3v) is 3.24. The quantitative estimate of drug-likeness (QED) is 0.861. The first-order chi connectivity index (χ1) is 9.67. The first kappa shape index (κ1) is 14.3. The van der Waals surface area contributed by atoms with Crippen molar-refractivity contribution in [3.8, 4) is 11.5 Å². The molecule has 0 aliphatic rings. The minimum atomic E-state index is 0.509. The maximum absolute atomic E-state index is 6.34. The van der Waals surface area contributed by atoms with Gasteiger partial charge in [0, 0.05) is 12.4 Å². The molecular weight excluding hydrogens is 276 g/mol. The summed E-state index contributed by atoms with van der Waals surface area (Å²) < 4.78 is 10.5. The van der Waals surface area contributed by atoms with E-state index in [-0.39, 0.29) is 0 Å². The number of allylic oxidation sites excluding steroid dienone is 1. The molecule has 2 rings (SSSR count). The normalized spacial score (nSPS) is 11.3. The van der Waals surface area contributed by atoms with Gasteiger partial charge in [0.2, 0.25) is 0 Å². The molecule has 0 unspecified atom stereocenters. The molecule has 0 N–H and O–H groups in total. The lowest BCUT2D eigenvalue weighted by Crippen LogP contribution is -1.93. The fourth-order valence-corrected chi connectivity index (χ4v) is 2.11. The molecule has 0 saturated carbocycles. The molecule has 20 heavy (non-hydrogen) atoms. The van der Waals surface area contributed by atoms with E-state index in [4.69, 9.17) is 21.1 Å². The van der Waals surface area contributed by atoms with Gasteiger partial charge < -0.3 is 9.47 Å². The molecule has 0 aliphatic carbocycles. The average molecular weight is 291 g/mol. The van der Waals surface area contributed by atoms with Crippen molar-refractivity contribution >= 4 is 23.3 Å². The summed E-state index contributed by atoms with van der Waals surface area (Å²) in [6.45, 7) is 1.96. The SMILES string of the molecule is COc1ccc(/C=C(\C)c2cnccn2)c(Cl)c1OC. The zero-order valence-corrected chi connectivity index (χ0v) is 12.3. The Kier molecular flexibility index (Phi) is 4.58. The molecule has 0 spiro atoms. The molecule has 0 saturated heterocycles. The lowest BCUT2D eigenvalue weighted by Gasteiger charge is -2.11. The zero-order chi connectivity index (χ0) is 14.5. The predicted octanol–water partition coefficient (Wildman–Crippen LogP) is 3.71. The Morgan fingerprint density at radius 1 is 1.20 bits per heavy atom. The van der Waals surface area contributed by atoms with Crippen LogP contribution >= 0.6 is 11.6 Å². The van der Waals surface area contributed by atoms with Gasteiger partial charge in [-0.15, -0.1) is 0 Å². The first-order valence-electron chi connectivity index (χ1n) is 6.02. The number of rotatable bonds is 4. The van der Waals surface area contributed by atoms with Gasteiger partial charge in [0.15, 0.2) is 11.5 Å². The Balaban J connectivity index is 2.44. The third kappa shape index (κ3) is 2.91. The summed E-state index contributed by atoms with van der Waals surface area (Å²) in [5.41, 5.74) is 2.61. The highest BCUT2D eigenvalue weighted by molar-refractivity contribution is 6.34. The van der Waals surface area contributed by atoms with Crippen molar-refractivity contribution in [2.24, 2.45) is 0 Å². The van der Waals surface area contributed by atoms with Gasteiger partial charge in [-0.3, -0.25) is 9.97 Å². The number of ether oxygens (including phenoxy) is 2. The molecule has 4 nitrogen and oxygen atoms in total. The Hall–Kier alpha value is -2.07. The molecule has 0 aliphatic heterocycles. The summed E-state index contributed by atoms with van der Waals surface area (Å²) in [4.78, 5) is 8.30. The van der Waals surface area contributed by atoms with Crippen LogP contribution < -0.4 is 9.47 Å². The minimum Gasteiger partial charge on any atom is -0.493 e. The highest BCUT2D eigenvalue weighted by Crippen LogP contribution is 2.38. The fraction of sp³-hybridized carbons (Fsp3) is 0.200. The first-order valence-corrected chi connectivity index (χ1v) is 6.40. The topological polar surface area (TPSA) is 44.2 Å². The summed E-state index contributed by atoms with van der Waals surface area (Å²) in [6, 6.07) is 3.70. The second kappa shape index (κ2) is 6.39. The van der Waals surface area contributed by atoms with Crippen molar-refractivity contribution < 1.29 is 9.47 Å². The number of benzene rings is 1. The molecular formula is C15H15ClN2O2. The summed E-state index contributed by atoms with van der Waals surface area (Å²) in [6.07, 6.45) is 6.94. The van der Waals surface area contributed by atoms with Gasteiger partial charge in [-0.05, 0) is 36.3 Å². The second-order valence-electron chi connectivity index (χ2n) is 4.12. The maximum Gasteiger partial charge on any atom is 0.179 e. The van der Waals surface area contributed by atoms with Crippen LogP contribution in [0.4, 0.5) is 0 Å². The van der Waals surface area contributed by atoms with Crippen LogP contribution in [0.15, 0.2) is 30.7 Å². The molecule has 2 aromatic rings. The van der Waals surface area contributed by atoms with Crippen LogP contribution in [0.25, 0.3) is 11.6 Å². The molecule has 0 fully saturated rings. The van der Waals surface area contributed by atoms with E-state index in [1.54, 1.807) is 32.8 Å². The van der Waals surface area contributed by atoms with Gasteiger partial charge in [0.05, 0.1) is 31.1 Å². The monoisotopic (exact) mass is 290 g/mol. The van der Waals surface area contributed by atoms with Gasteiger partial charge in [0.25, 0.3) is 0 Å². The lowest BCUT2D eigenvalue weighted by atomic mass is 10.1. The van der Waals surface area contributed by atoms with Crippen LogP contribution in [-0.2, 0) is 0 Å². The maximum atomic E-state index is 6.34. The van der Waals surface area contributed by atoms with E-state index in [1.807, 2.05) is 25.1 Å². The van der Waals surface area contributed by atoms with Crippen LogP contribution in [0.2, 0.25) is 5.02 Å². The van der Waals surface area contributed by atoms with Crippen molar-refractivity contribution in [3.05, 3.63) is 47.0 Å². The van der Waals surface area contributed by atoms with Crippen LogP contribution in [-0.4, -0.2) is 24.2 Å². The number of nitrogens with zero attached hydrogens (tertiary/aromatic N) is 2. The molecule has 1 aromatic carbocycles. The number of hydrogen-bond donors (Lipinski definition) is 0. The van der Waals surface area contributed by atoms with Crippen molar-refractivity contribution in [2.75, 3.05) is 14.2 Å². The third-order valence-electron chi connectivity index (χ3n) is 2.85. The van der Waals surface area contributed by atoms with E-state index in [1.165, 1.54) is 0 Å². The van der Waals surface area contributed by atoms with Gasteiger partial charge in [-0.25, -0.2) is 0 Å². The van der Waals surface area contributed by atoms with E-state index < -0.39 is 0 Å². The molecule has 0 amide bonds. The molecule has 0 bridgehead atoms. The smallest absolute Gasteiger partial charge is 0.179 e. The fourth-order valence-electron chi connectivity index (χ4n) is 1.83. The van der Waals surface area contributed by atoms with Gasteiger partial charge in [-0.1, -0.05) is 11.6 Å². The Morgan fingerprint density at radius 3 is 2.60 bits per heavy atom. The zero-order valence-electron chi connectivity index (χ0n) is 11.6. The second-order valence-corrected chi connectivity index (χ2v) is 4.50. The standard InChI is InChI=1S/C15H15ClN2O2/c1-10(12-9-17-6-7-18-12)8-11-4-5-13(19-2)15(20-3)14(11)16/h4-9H,1-3H3/b10-8+. The number of hydrogen-bond acceptors (Lipinski definition) is 4. The molecule has 1 aromatic heterocycles. The van der Waals surface area contributed by atoms with E-state index in [0.717, 1.165) is 16.8 Å². The molecule has 0 atom stereocenters. The van der Waals surface area contributed by atoms with E-state index in [2.05, 4.69) is 9.97 Å². The number of aromatic nitrogens is 2. The molecule has 104 valence electrons. The van der Waals surface area contributed by atoms with E-state index >= 15 is 0 Å². The molecule has 5 heteroatoms. The van der Waals surface area contributed by atoms with Gasteiger partial charge in [-0.2, -0.15) is 0 Å². The van der Waals surface area contributed by atoms with Gasteiger partial charge >= 0.3 is 0 Å². The Labute approximate surface area is 123 Å². The van der Waals surface area contributed by atoms with Crippen LogP contribution in [0.3, 0.4) is 0 Å². The number of methoxy groups -OCH3 is 2. The van der Waals surface area contributed by atoms with Gasteiger partial charge in [0.1, 0.15) is 0 Å².